The predicted molar refractivity (Wildman–Crippen MR) is 88.7 cm³/mol. The molecule has 0 spiro atoms. The summed E-state index contributed by atoms with van der Waals surface area (Å²) < 4.78 is 0. The van der Waals surface area contributed by atoms with Crippen molar-refractivity contribution in [3.05, 3.63) is 53.7 Å². The zero-order chi connectivity index (χ0) is 15.4. The SMILES string of the molecule is Cc1nc(-c2ccccc2)ccc1C(=O)NC1CCCCC1. The van der Waals surface area contributed by atoms with Gasteiger partial charge in [-0.3, -0.25) is 9.78 Å². The summed E-state index contributed by atoms with van der Waals surface area (Å²) in [6.45, 7) is 1.90. The maximum absolute atomic E-state index is 12.4. The maximum atomic E-state index is 12.4. The molecule has 0 unspecified atom stereocenters. The van der Waals surface area contributed by atoms with Crippen molar-refractivity contribution in [2.45, 2.75) is 45.1 Å². The molecule has 0 saturated heterocycles. The molecule has 1 aliphatic rings. The van der Waals surface area contributed by atoms with Crippen LogP contribution < -0.4 is 5.32 Å². The summed E-state index contributed by atoms with van der Waals surface area (Å²) in [5, 5.41) is 3.16. The molecule has 0 aliphatic heterocycles. The highest BCUT2D eigenvalue weighted by Crippen LogP contribution is 2.20. The minimum Gasteiger partial charge on any atom is -0.349 e. The van der Waals surface area contributed by atoms with E-state index in [-0.39, 0.29) is 5.91 Å². The number of carbonyl (C=O) groups excluding carboxylic acids is 1. The van der Waals surface area contributed by atoms with Gasteiger partial charge in [0.05, 0.1) is 17.0 Å². The number of carbonyl (C=O) groups is 1. The highest BCUT2D eigenvalue weighted by Gasteiger charge is 2.18. The number of nitrogens with one attached hydrogen (secondary N) is 1. The van der Waals surface area contributed by atoms with Crippen LogP contribution >= 0.6 is 0 Å². The molecule has 2 aromatic rings. The second-order valence-electron chi connectivity index (χ2n) is 6.00. The van der Waals surface area contributed by atoms with E-state index in [4.69, 9.17) is 0 Å². The van der Waals surface area contributed by atoms with Crippen LogP contribution in [0.5, 0.6) is 0 Å². The maximum Gasteiger partial charge on any atom is 0.253 e. The molecule has 1 N–H and O–H groups in total. The second kappa shape index (κ2) is 6.73. The number of benzene rings is 1. The fourth-order valence-corrected chi connectivity index (χ4v) is 3.08. The van der Waals surface area contributed by atoms with E-state index < -0.39 is 0 Å². The Bertz CT molecular complexity index is 646. The minimum atomic E-state index is 0.0107. The van der Waals surface area contributed by atoms with Crippen LogP contribution in [0, 0.1) is 6.92 Å². The van der Waals surface area contributed by atoms with E-state index in [1.807, 2.05) is 49.4 Å². The molecular weight excluding hydrogens is 272 g/mol. The number of nitrogens with zero attached hydrogens (tertiary/aromatic N) is 1. The van der Waals surface area contributed by atoms with Gasteiger partial charge in [0.25, 0.3) is 5.91 Å². The van der Waals surface area contributed by atoms with Crippen molar-refractivity contribution < 1.29 is 4.79 Å². The van der Waals surface area contributed by atoms with Crippen LogP contribution in [0.3, 0.4) is 0 Å². The molecule has 22 heavy (non-hydrogen) atoms. The Morgan fingerprint density at radius 3 is 2.45 bits per heavy atom. The van der Waals surface area contributed by atoms with Gasteiger partial charge in [-0.15, -0.1) is 0 Å². The van der Waals surface area contributed by atoms with Crippen molar-refractivity contribution in [2.75, 3.05) is 0 Å². The van der Waals surface area contributed by atoms with E-state index in [1.54, 1.807) is 0 Å². The third-order valence-electron chi connectivity index (χ3n) is 4.34. The van der Waals surface area contributed by atoms with Gasteiger partial charge in [0.1, 0.15) is 0 Å². The number of aryl methyl sites for hydroxylation is 1. The molecule has 1 heterocycles. The normalized spacial score (nSPS) is 15.5. The largest absolute Gasteiger partial charge is 0.349 e. The van der Waals surface area contributed by atoms with Crippen molar-refractivity contribution >= 4 is 5.91 Å². The lowest BCUT2D eigenvalue weighted by atomic mass is 9.95. The van der Waals surface area contributed by atoms with Crippen molar-refractivity contribution in [1.29, 1.82) is 0 Å². The third kappa shape index (κ3) is 3.35. The van der Waals surface area contributed by atoms with Gasteiger partial charge < -0.3 is 5.32 Å². The van der Waals surface area contributed by atoms with Crippen molar-refractivity contribution in [2.24, 2.45) is 0 Å². The second-order valence-corrected chi connectivity index (χ2v) is 6.00. The highest BCUT2D eigenvalue weighted by atomic mass is 16.1. The Kier molecular flexibility index (Phi) is 4.52. The van der Waals surface area contributed by atoms with Crippen LogP contribution in [-0.2, 0) is 0 Å². The molecule has 1 aliphatic carbocycles. The molecule has 1 aromatic carbocycles. The summed E-state index contributed by atoms with van der Waals surface area (Å²) in [4.78, 5) is 17.0. The van der Waals surface area contributed by atoms with Gasteiger partial charge in [0.15, 0.2) is 0 Å². The van der Waals surface area contributed by atoms with Crippen LogP contribution in [0.2, 0.25) is 0 Å². The number of hydrogen-bond acceptors (Lipinski definition) is 2. The predicted octanol–water partition coefficient (Wildman–Crippen LogP) is 4.12. The van der Waals surface area contributed by atoms with Gasteiger partial charge in [-0.25, -0.2) is 0 Å². The van der Waals surface area contributed by atoms with E-state index in [2.05, 4.69) is 10.3 Å². The molecule has 3 heteroatoms. The standard InChI is InChI=1S/C19H22N2O/c1-14-17(19(22)21-16-10-6-3-7-11-16)12-13-18(20-14)15-8-4-2-5-9-15/h2,4-5,8-9,12-13,16H,3,6-7,10-11H2,1H3,(H,21,22). The number of rotatable bonds is 3. The first-order valence-electron chi connectivity index (χ1n) is 8.08. The molecule has 114 valence electrons. The van der Waals surface area contributed by atoms with Crippen LogP contribution in [-0.4, -0.2) is 16.9 Å². The molecule has 1 aromatic heterocycles. The zero-order valence-electron chi connectivity index (χ0n) is 13.0. The molecule has 0 atom stereocenters. The van der Waals surface area contributed by atoms with Crippen molar-refractivity contribution in [3.8, 4) is 11.3 Å². The summed E-state index contributed by atoms with van der Waals surface area (Å²) in [7, 11) is 0. The summed E-state index contributed by atoms with van der Waals surface area (Å²) >= 11 is 0. The molecule has 1 amide bonds. The first-order chi connectivity index (χ1) is 10.7. The van der Waals surface area contributed by atoms with Crippen LogP contribution in [0.15, 0.2) is 42.5 Å². The van der Waals surface area contributed by atoms with Gasteiger partial charge in [0, 0.05) is 11.6 Å². The third-order valence-corrected chi connectivity index (χ3v) is 4.34. The first kappa shape index (κ1) is 14.8. The molecule has 1 fully saturated rings. The Hall–Kier alpha value is -2.16. The molecule has 0 bridgehead atoms. The fourth-order valence-electron chi connectivity index (χ4n) is 3.08. The van der Waals surface area contributed by atoms with Gasteiger partial charge in [-0.05, 0) is 31.9 Å². The van der Waals surface area contributed by atoms with Crippen LogP contribution in [0.25, 0.3) is 11.3 Å². The molecule has 0 radical (unpaired) electrons. The number of amides is 1. The summed E-state index contributed by atoms with van der Waals surface area (Å²) in [6, 6.07) is 14.2. The Morgan fingerprint density at radius 1 is 1.05 bits per heavy atom. The Labute approximate surface area is 131 Å². The van der Waals surface area contributed by atoms with Gasteiger partial charge >= 0.3 is 0 Å². The average Bonchev–Trinajstić information content (AvgIpc) is 2.56. The van der Waals surface area contributed by atoms with Crippen molar-refractivity contribution in [1.82, 2.24) is 10.3 Å². The zero-order valence-corrected chi connectivity index (χ0v) is 13.0. The van der Waals surface area contributed by atoms with E-state index in [9.17, 15) is 4.79 Å². The highest BCUT2D eigenvalue weighted by molar-refractivity contribution is 5.95. The Morgan fingerprint density at radius 2 is 1.77 bits per heavy atom. The van der Waals surface area contributed by atoms with E-state index in [0.29, 0.717) is 11.6 Å². The smallest absolute Gasteiger partial charge is 0.253 e. The van der Waals surface area contributed by atoms with Gasteiger partial charge in [-0.2, -0.15) is 0 Å². The lowest BCUT2D eigenvalue weighted by molar-refractivity contribution is 0.0926. The number of hydrogen-bond donors (Lipinski definition) is 1. The van der Waals surface area contributed by atoms with E-state index in [0.717, 1.165) is 29.8 Å². The molecular formula is C19H22N2O. The summed E-state index contributed by atoms with van der Waals surface area (Å²) in [6.07, 6.45) is 5.92. The van der Waals surface area contributed by atoms with E-state index >= 15 is 0 Å². The molecule has 3 rings (SSSR count). The minimum absolute atomic E-state index is 0.0107. The summed E-state index contributed by atoms with van der Waals surface area (Å²) in [5.41, 5.74) is 3.46. The van der Waals surface area contributed by atoms with Crippen LogP contribution in [0.4, 0.5) is 0 Å². The Balaban J connectivity index is 1.75. The van der Waals surface area contributed by atoms with Crippen LogP contribution in [0.1, 0.15) is 48.2 Å². The average molecular weight is 294 g/mol. The quantitative estimate of drug-likeness (QED) is 0.925. The lowest BCUT2D eigenvalue weighted by Gasteiger charge is -2.23. The topological polar surface area (TPSA) is 42.0 Å². The number of aromatic nitrogens is 1. The molecule has 1 saturated carbocycles. The summed E-state index contributed by atoms with van der Waals surface area (Å²) in [5.74, 6) is 0.0107. The van der Waals surface area contributed by atoms with Gasteiger partial charge in [0.2, 0.25) is 0 Å². The monoisotopic (exact) mass is 294 g/mol. The van der Waals surface area contributed by atoms with E-state index in [1.165, 1.54) is 19.3 Å². The number of pyridine rings is 1. The fraction of sp³-hybridized carbons (Fsp3) is 0.368. The van der Waals surface area contributed by atoms with Gasteiger partial charge in [-0.1, -0.05) is 49.6 Å². The van der Waals surface area contributed by atoms with Crippen molar-refractivity contribution in [3.63, 3.8) is 0 Å². The lowest BCUT2D eigenvalue weighted by Crippen LogP contribution is -2.36. The molecule has 3 nitrogen and oxygen atoms in total. The first-order valence-corrected chi connectivity index (χ1v) is 8.08.